The molecule has 114 valence electrons. The van der Waals surface area contributed by atoms with Gasteiger partial charge in [0, 0.05) is 26.7 Å². The van der Waals surface area contributed by atoms with Crippen molar-refractivity contribution in [3.05, 3.63) is 29.8 Å². The van der Waals surface area contributed by atoms with Crippen LogP contribution < -0.4 is 5.73 Å². The van der Waals surface area contributed by atoms with E-state index in [1.54, 1.807) is 31.4 Å². The first-order chi connectivity index (χ1) is 9.43. The summed E-state index contributed by atoms with van der Waals surface area (Å²) >= 11 is 0. The maximum Gasteiger partial charge on any atom is 0.243 e. The van der Waals surface area contributed by atoms with Crippen molar-refractivity contribution in [1.82, 2.24) is 4.31 Å². The van der Waals surface area contributed by atoms with Crippen LogP contribution >= 0.6 is 0 Å². The third-order valence-electron chi connectivity index (χ3n) is 2.92. The predicted octanol–water partition coefficient (Wildman–Crippen LogP) is 1.44. The van der Waals surface area contributed by atoms with Gasteiger partial charge in [0.1, 0.15) is 0 Å². The molecule has 0 aromatic heterocycles. The second-order valence-electron chi connectivity index (χ2n) is 5.06. The zero-order chi connectivity index (χ0) is 15.2. The van der Waals surface area contributed by atoms with Crippen molar-refractivity contribution in [1.29, 1.82) is 0 Å². The standard InChI is InChI=1S/C14H24N2O3S/c1-12(2)11-16(8-9-19-3)20(17,18)14-7-5-4-6-13(14)10-15/h4-7,12H,8-11,15H2,1-3H3. The minimum atomic E-state index is -3.54. The second-order valence-corrected chi connectivity index (χ2v) is 6.97. The smallest absolute Gasteiger partial charge is 0.243 e. The van der Waals surface area contributed by atoms with E-state index in [2.05, 4.69) is 0 Å². The normalized spacial score (nSPS) is 12.3. The maximum atomic E-state index is 12.8. The largest absolute Gasteiger partial charge is 0.383 e. The highest BCUT2D eigenvalue weighted by Crippen LogP contribution is 2.20. The second kappa shape index (κ2) is 7.73. The lowest BCUT2D eigenvalue weighted by Gasteiger charge is -2.24. The molecule has 1 rings (SSSR count). The van der Waals surface area contributed by atoms with Gasteiger partial charge in [0.25, 0.3) is 0 Å². The number of rotatable bonds is 8. The molecule has 1 aromatic carbocycles. The molecule has 0 spiro atoms. The van der Waals surface area contributed by atoms with E-state index < -0.39 is 10.0 Å². The summed E-state index contributed by atoms with van der Waals surface area (Å²) in [5.74, 6) is 0.242. The molecule has 20 heavy (non-hydrogen) atoms. The Kier molecular flexibility index (Phi) is 6.61. The van der Waals surface area contributed by atoms with Crippen LogP contribution in [0.2, 0.25) is 0 Å². The molecule has 0 atom stereocenters. The van der Waals surface area contributed by atoms with Gasteiger partial charge in [-0.3, -0.25) is 0 Å². The van der Waals surface area contributed by atoms with Crippen molar-refractivity contribution in [2.45, 2.75) is 25.3 Å². The predicted molar refractivity (Wildman–Crippen MR) is 79.8 cm³/mol. The van der Waals surface area contributed by atoms with Crippen LogP contribution in [0.4, 0.5) is 0 Å². The van der Waals surface area contributed by atoms with Crippen molar-refractivity contribution in [2.24, 2.45) is 11.7 Å². The fraction of sp³-hybridized carbons (Fsp3) is 0.571. The van der Waals surface area contributed by atoms with Crippen molar-refractivity contribution < 1.29 is 13.2 Å². The summed E-state index contributed by atoms with van der Waals surface area (Å²) in [4.78, 5) is 0.291. The van der Waals surface area contributed by atoms with Crippen LogP contribution in [0.1, 0.15) is 19.4 Å². The summed E-state index contributed by atoms with van der Waals surface area (Å²) in [5, 5.41) is 0. The molecule has 0 aliphatic heterocycles. The third kappa shape index (κ3) is 4.28. The van der Waals surface area contributed by atoms with Crippen molar-refractivity contribution in [2.75, 3.05) is 26.8 Å². The van der Waals surface area contributed by atoms with Crippen molar-refractivity contribution in [3.8, 4) is 0 Å². The minimum Gasteiger partial charge on any atom is -0.383 e. The van der Waals surface area contributed by atoms with Gasteiger partial charge < -0.3 is 10.5 Å². The van der Waals surface area contributed by atoms with E-state index in [4.69, 9.17) is 10.5 Å². The van der Waals surface area contributed by atoms with Crippen LogP contribution in [0.15, 0.2) is 29.2 Å². The average Bonchev–Trinajstić information content (AvgIpc) is 2.42. The monoisotopic (exact) mass is 300 g/mol. The Balaban J connectivity index is 3.14. The molecule has 1 aromatic rings. The zero-order valence-corrected chi connectivity index (χ0v) is 13.2. The van der Waals surface area contributed by atoms with E-state index >= 15 is 0 Å². The van der Waals surface area contributed by atoms with Gasteiger partial charge in [0.15, 0.2) is 0 Å². The van der Waals surface area contributed by atoms with Gasteiger partial charge in [0.2, 0.25) is 10.0 Å². The summed E-state index contributed by atoms with van der Waals surface area (Å²) < 4.78 is 32.0. The van der Waals surface area contributed by atoms with Gasteiger partial charge in [-0.15, -0.1) is 0 Å². The van der Waals surface area contributed by atoms with E-state index in [0.29, 0.717) is 30.2 Å². The van der Waals surface area contributed by atoms with Crippen LogP contribution in [0.25, 0.3) is 0 Å². The number of benzene rings is 1. The Morgan fingerprint density at radius 3 is 2.50 bits per heavy atom. The van der Waals surface area contributed by atoms with E-state index in [0.717, 1.165) is 0 Å². The topological polar surface area (TPSA) is 72.6 Å². The Hall–Kier alpha value is -0.950. The molecule has 0 radical (unpaired) electrons. The van der Waals surface area contributed by atoms with Crippen molar-refractivity contribution in [3.63, 3.8) is 0 Å². The average molecular weight is 300 g/mol. The highest BCUT2D eigenvalue weighted by Gasteiger charge is 2.26. The molecule has 0 saturated carbocycles. The van der Waals surface area contributed by atoms with Gasteiger partial charge >= 0.3 is 0 Å². The van der Waals surface area contributed by atoms with Gasteiger partial charge in [-0.1, -0.05) is 32.0 Å². The Morgan fingerprint density at radius 1 is 1.30 bits per heavy atom. The van der Waals surface area contributed by atoms with E-state index in [9.17, 15) is 8.42 Å². The maximum absolute atomic E-state index is 12.8. The van der Waals surface area contributed by atoms with Gasteiger partial charge in [-0.25, -0.2) is 8.42 Å². The van der Waals surface area contributed by atoms with E-state index in [-0.39, 0.29) is 12.5 Å². The third-order valence-corrected chi connectivity index (χ3v) is 4.89. The quantitative estimate of drug-likeness (QED) is 0.788. The number of sulfonamides is 1. The molecule has 0 aliphatic carbocycles. The summed E-state index contributed by atoms with van der Waals surface area (Å²) in [7, 11) is -1.97. The molecular formula is C14H24N2O3S. The van der Waals surface area contributed by atoms with Gasteiger partial charge in [0.05, 0.1) is 11.5 Å². The molecule has 2 N–H and O–H groups in total. The van der Waals surface area contributed by atoms with Crippen LogP contribution in [-0.4, -0.2) is 39.5 Å². The number of nitrogens with zero attached hydrogens (tertiary/aromatic N) is 1. The molecule has 0 fully saturated rings. The van der Waals surface area contributed by atoms with E-state index in [1.807, 2.05) is 13.8 Å². The first-order valence-corrected chi connectivity index (χ1v) is 8.14. The molecule has 0 unspecified atom stereocenters. The number of hydrogen-bond donors (Lipinski definition) is 1. The Bertz CT molecular complexity index is 515. The molecule has 6 heteroatoms. The Labute approximate surface area is 121 Å². The number of ether oxygens (including phenoxy) is 1. The fourth-order valence-corrected chi connectivity index (χ4v) is 3.79. The number of methoxy groups -OCH3 is 1. The SMILES string of the molecule is COCCN(CC(C)C)S(=O)(=O)c1ccccc1CN. The van der Waals surface area contributed by atoms with Crippen LogP contribution in [0.3, 0.4) is 0 Å². The molecule has 5 nitrogen and oxygen atoms in total. The van der Waals surface area contributed by atoms with E-state index in [1.165, 1.54) is 4.31 Å². The highest BCUT2D eigenvalue weighted by atomic mass is 32.2. The fourth-order valence-electron chi connectivity index (χ4n) is 1.97. The first-order valence-electron chi connectivity index (χ1n) is 6.70. The molecule has 0 saturated heterocycles. The summed E-state index contributed by atoms with van der Waals surface area (Å²) in [6.45, 7) is 5.36. The summed E-state index contributed by atoms with van der Waals surface area (Å²) in [5.41, 5.74) is 6.28. The molecule has 0 amide bonds. The summed E-state index contributed by atoms with van der Waals surface area (Å²) in [6, 6.07) is 6.87. The number of nitrogens with two attached hydrogens (primary N) is 1. The lowest BCUT2D eigenvalue weighted by Crippen LogP contribution is -2.37. The van der Waals surface area contributed by atoms with Gasteiger partial charge in [-0.2, -0.15) is 4.31 Å². The zero-order valence-electron chi connectivity index (χ0n) is 12.4. The molecule has 0 aliphatic rings. The lowest BCUT2D eigenvalue weighted by atomic mass is 10.2. The first kappa shape index (κ1) is 17.1. The molecule has 0 bridgehead atoms. The van der Waals surface area contributed by atoms with Crippen LogP contribution in [0, 0.1) is 5.92 Å². The van der Waals surface area contributed by atoms with Crippen LogP contribution in [-0.2, 0) is 21.3 Å². The van der Waals surface area contributed by atoms with Crippen molar-refractivity contribution >= 4 is 10.0 Å². The van der Waals surface area contributed by atoms with Gasteiger partial charge in [-0.05, 0) is 17.5 Å². The molecule has 0 heterocycles. The lowest BCUT2D eigenvalue weighted by molar-refractivity contribution is 0.175. The summed E-state index contributed by atoms with van der Waals surface area (Å²) in [6.07, 6.45) is 0. The molecular weight excluding hydrogens is 276 g/mol. The highest BCUT2D eigenvalue weighted by molar-refractivity contribution is 7.89. The Morgan fingerprint density at radius 2 is 1.95 bits per heavy atom. The van der Waals surface area contributed by atoms with Crippen LogP contribution in [0.5, 0.6) is 0 Å². The minimum absolute atomic E-state index is 0.204. The number of hydrogen-bond acceptors (Lipinski definition) is 4.